The second-order valence-corrected chi connectivity index (χ2v) is 8.43. The van der Waals surface area contributed by atoms with Crippen molar-refractivity contribution in [2.75, 3.05) is 0 Å². The fourth-order valence-corrected chi connectivity index (χ4v) is 3.34. The molecule has 0 amide bonds. The molecular weight excluding hydrogens is 383 g/mol. The molecule has 158 valence electrons. The lowest BCUT2D eigenvalue weighted by Gasteiger charge is -2.33. The number of nitrogens with zero attached hydrogens (tertiary/aromatic N) is 5. The van der Waals surface area contributed by atoms with Gasteiger partial charge in [0.1, 0.15) is 11.6 Å². The maximum atomic E-state index is 13.3. The third kappa shape index (κ3) is 4.64. The molecule has 0 spiro atoms. The van der Waals surface area contributed by atoms with Crippen LogP contribution in [0.15, 0.2) is 42.6 Å². The van der Waals surface area contributed by atoms with Gasteiger partial charge in [-0.3, -0.25) is 0 Å². The number of halogens is 1. The number of hydrogen-bond acceptors (Lipinski definition) is 6. The molecule has 1 unspecified atom stereocenters. The summed E-state index contributed by atoms with van der Waals surface area (Å²) < 4.78 is 20.9. The highest BCUT2D eigenvalue weighted by atomic mass is 19.1. The summed E-state index contributed by atoms with van der Waals surface area (Å²) >= 11 is 0. The molecule has 1 aromatic carbocycles. The molecule has 7 nitrogen and oxygen atoms in total. The normalized spacial score (nSPS) is 15.2. The van der Waals surface area contributed by atoms with Crippen LogP contribution in [-0.2, 0) is 6.54 Å². The number of tetrazole rings is 1. The first-order valence-electron chi connectivity index (χ1n) is 10.4. The molecule has 1 aliphatic rings. The summed E-state index contributed by atoms with van der Waals surface area (Å²) in [6.07, 6.45) is 5.02. The lowest BCUT2D eigenvalue weighted by molar-refractivity contribution is 0.216. The van der Waals surface area contributed by atoms with E-state index >= 15 is 0 Å². The average molecular weight is 410 g/mol. The molecule has 1 atom stereocenters. The topological polar surface area (TPSA) is 77.8 Å². The van der Waals surface area contributed by atoms with Crippen molar-refractivity contribution in [3.05, 3.63) is 59.8 Å². The molecule has 1 N–H and O–H groups in total. The van der Waals surface area contributed by atoms with Gasteiger partial charge in [-0.25, -0.2) is 14.1 Å². The fourth-order valence-electron chi connectivity index (χ4n) is 3.34. The van der Waals surface area contributed by atoms with Crippen molar-refractivity contribution >= 4 is 0 Å². The zero-order valence-electron chi connectivity index (χ0n) is 17.5. The molecular formula is C22H27FN6O. The molecule has 0 saturated heterocycles. The van der Waals surface area contributed by atoms with Crippen LogP contribution >= 0.6 is 0 Å². The Bertz CT molecular complexity index is 983. The number of nitrogens with one attached hydrogen (secondary N) is 1. The minimum Gasteiger partial charge on any atom is -0.439 e. The smallest absolute Gasteiger partial charge is 0.219 e. The summed E-state index contributed by atoms with van der Waals surface area (Å²) in [5.41, 5.74) is 0.999. The highest BCUT2D eigenvalue weighted by Crippen LogP contribution is 2.40. The Balaban J connectivity index is 1.45. The Labute approximate surface area is 175 Å². The van der Waals surface area contributed by atoms with E-state index in [0.717, 1.165) is 30.7 Å². The number of hydrogen-bond donors (Lipinski definition) is 1. The number of pyridine rings is 1. The summed E-state index contributed by atoms with van der Waals surface area (Å²) in [6.45, 7) is 7.26. The van der Waals surface area contributed by atoms with Crippen molar-refractivity contribution in [2.24, 2.45) is 5.41 Å². The lowest BCUT2D eigenvalue weighted by atomic mass is 9.81. The molecule has 1 aliphatic carbocycles. The van der Waals surface area contributed by atoms with Crippen molar-refractivity contribution < 1.29 is 9.13 Å². The molecule has 1 saturated carbocycles. The van der Waals surface area contributed by atoms with Gasteiger partial charge in [-0.2, -0.15) is 0 Å². The summed E-state index contributed by atoms with van der Waals surface area (Å²) in [7, 11) is 0. The van der Waals surface area contributed by atoms with Gasteiger partial charge >= 0.3 is 0 Å². The Morgan fingerprint density at radius 1 is 1.27 bits per heavy atom. The van der Waals surface area contributed by atoms with E-state index in [2.05, 4.69) is 46.6 Å². The maximum Gasteiger partial charge on any atom is 0.219 e. The van der Waals surface area contributed by atoms with Crippen molar-refractivity contribution in [2.45, 2.75) is 58.7 Å². The SMILES string of the molecule is CCC(C)(C)C(NCc1ccc(Oc2cccc(F)c2)nc1)c1nnnn1C1CC1. The van der Waals surface area contributed by atoms with Gasteiger partial charge < -0.3 is 10.1 Å². The van der Waals surface area contributed by atoms with Crippen molar-refractivity contribution in [1.29, 1.82) is 0 Å². The van der Waals surface area contributed by atoms with Gasteiger partial charge in [0.15, 0.2) is 5.82 Å². The standard InChI is InChI=1S/C22H27FN6O/c1-4-22(2,3)20(21-26-27-28-29(21)17-9-10-17)25-14-15-8-11-19(24-13-15)30-18-7-5-6-16(23)12-18/h5-8,11-13,17,20,25H,4,9-10,14H2,1-3H3. The molecule has 4 rings (SSSR count). The van der Waals surface area contributed by atoms with Gasteiger partial charge in [0.25, 0.3) is 0 Å². The predicted molar refractivity (Wildman–Crippen MR) is 110 cm³/mol. The van der Waals surface area contributed by atoms with E-state index in [0.29, 0.717) is 24.2 Å². The number of rotatable bonds is 9. The minimum absolute atomic E-state index is 0.0151. The average Bonchev–Trinajstić information content (AvgIpc) is 3.47. The first-order valence-corrected chi connectivity index (χ1v) is 10.4. The first kappa shape index (κ1) is 20.4. The third-order valence-corrected chi connectivity index (χ3v) is 5.69. The van der Waals surface area contributed by atoms with E-state index in [1.165, 1.54) is 12.1 Å². The van der Waals surface area contributed by atoms with Gasteiger partial charge in [-0.1, -0.05) is 32.9 Å². The Hall–Kier alpha value is -2.87. The van der Waals surface area contributed by atoms with E-state index in [9.17, 15) is 4.39 Å². The summed E-state index contributed by atoms with van der Waals surface area (Å²) in [6, 6.07) is 10.2. The van der Waals surface area contributed by atoms with E-state index in [4.69, 9.17) is 4.74 Å². The molecule has 3 aromatic rings. The molecule has 1 fully saturated rings. The van der Waals surface area contributed by atoms with Crippen LogP contribution in [-0.4, -0.2) is 25.2 Å². The van der Waals surface area contributed by atoms with Gasteiger partial charge in [-0.05, 0) is 52.8 Å². The molecule has 2 heterocycles. The Kier molecular flexibility index (Phi) is 5.76. The van der Waals surface area contributed by atoms with Gasteiger partial charge in [0.2, 0.25) is 5.88 Å². The molecule has 0 radical (unpaired) electrons. The minimum atomic E-state index is -0.341. The Morgan fingerprint density at radius 2 is 2.10 bits per heavy atom. The second kappa shape index (κ2) is 8.47. The van der Waals surface area contributed by atoms with E-state index < -0.39 is 0 Å². The number of benzene rings is 1. The predicted octanol–water partition coefficient (Wildman–Crippen LogP) is 4.60. The van der Waals surface area contributed by atoms with E-state index in [-0.39, 0.29) is 17.3 Å². The van der Waals surface area contributed by atoms with E-state index in [1.807, 2.05) is 10.7 Å². The van der Waals surface area contributed by atoms with Crippen LogP contribution in [0, 0.1) is 11.2 Å². The van der Waals surface area contributed by atoms with Gasteiger partial charge in [-0.15, -0.1) is 5.10 Å². The highest BCUT2D eigenvalue weighted by molar-refractivity contribution is 5.28. The molecule has 2 aromatic heterocycles. The zero-order valence-corrected chi connectivity index (χ0v) is 17.5. The van der Waals surface area contributed by atoms with Crippen LogP contribution in [0.5, 0.6) is 11.6 Å². The van der Waals surface area contributed by atoms with Crippen LogP contribution in [0.25, 0.3) is 0 Å². The first-order chi connectivity index (χ1) is 14.5. The maximum absolute atomic E-state index is 13.3. The second-order valence-electron chi connectivity index (χ2n) is 8.43. The van der Waals surface area contributed by atoms with E-state index in [1.54, 1.807) is 24.4 Å². The third-order valence-electron chi connectivity index (χ3n) is 5.69. The zero-order chi connectivity index (χ0) is 21.1. The lowest BCUT2D eigenvalue weighted by Crippen LogP contribution is -2.36. The largest absolute Gasteiger partial charge is 0.439 e. The molecule has 0 aliphatic heterocycles. The summed E-state index contributed by atoms with van der Waals surface area (Å²) in [5, 5.41) is 16.1. The van der Waals surface area contributed by atoms with Crippen molar-refractivity contribution in [3.8, 4) is 11.6 Å². The summed E-state index contributed by atoms with van der Waals surface area (Å²) in [5.74, 6) is 1.40. The van der Waals surface area contributed by atoms with Crippen LogP contribution in [0.3, 0.4) is 0 Å². The molecule has 30 heavy (non-hydrogen) atoms. The summed E-state index contributed by atoms with van der Waals surface area (Å²) in [4.78, 5) is 4.35. The van der Waals surface area contributed by atoms with Crippen LogP contribution < -0.4 is 10.1 Å². The van der Waals surface area contributed by atoms with Crippen LogP contribution in [0.2, 0.25) is 0 Å². The quantitative estimate of drug-likeness (QED) is 0.555. The van der Waals surface area contributed by atoms with Crippen molar-refractivity contribution in [1.82, 2.24) is 30.5 Å². The number of ether oxygens (including phenoxy) is 1. The Morgan fingerprint density at radius 3 is 2.77 bits per heavy atom. The highest BCUT2D eigenvalue weighted by Gasteiger charge is 2.37. The van der Waals surface area contributed by atoms with Gasteiger partial charge in [0, 0.05) is 24.9 Å². The number of aromatic nitrogens is 5. The fraction of sp³-hybridized carbons (Fsp3) is 0.455. The van der Waals surface area contributed by atoms with Crippen LogP contribution in [0.4, 0.5) is 4.39 Å². The molecule has 0 bridgehead atoms. The molecule has 8 heteroatoms. The van der Waals surface area contributed by atoms with Crippen molar-refractivity contribution in [3.63, 3.8) is 0 Å². The monoisotopic (exact) mass is 410 g/mol. The van der Waals surface area contributed by atoms with Gasteiger partial charge in [0.05, 0.1) is 12.1 Å². The van der Waals surface area contributed by atoms with Crippen LogP contribution in [0.1, 0.15) is 63.5 Å².